The van der Waals surface area contributed by atoms with Gasteiger partial charge in [-0.1, -0.05) is 33.8 Å². The van der Waals surface area contributed by atoms with Crippen molar-refractivity contribution in [2.45, 2.75) is 34.2 Å². The van der Waals surface area contributed by atoms with E-state index in [1.807, 2.05) is 19.3 Å². The second kappa shape index (κ2) is 7.37. The minimum absolute atomic E-state index is 0.702. The molecule has 0 saturated heterocycles. The number of nitrogens with one attached hydrogen (secondary N) is 1. The zero-order valence-corrected chi connectivity index (χ0v) is 12.4. The normalized spacial score (nSPS) is 11.6. The molecule has 1 aromatic heterocycles. The van der Waals surface area contributed by atoms with Gasteiger partial charge in [-0.05, 0) is 23.5 Å². The number of hydrogen-bond acceptors (Lipinski definition) is 3. The molecule has 0 aromatic carbocycles. The predicted molar refractivity (Wildman–Crippen MR) is 78.7 cm³/mol. The van der Waals surface area contributed by atoms with E-state index in [-0.39, 0.29) is 0 Å². The lowest BCUT2D eigenvalue weighted by atomic mass is 10.1. The molecule has 0 unspecified atom stereocenters. The van der Waals surface area contributed by atoms with E-state index in [9.17, 15) is 0 Å². The fourth-order valence-electron chi connectivity index (χ4n) is 2.16. The molecule has 0 fully saturated rings. The van der Waals surface area contributed by atoms with Gasteiger partial charge < -0.3 is 5.32 Å². The number of nitrogens with zero attached hydrogens (tertiary/aromatic N) is 2. The van der Waals surface area contributed by atoms with Gasteiger partial charge in [-0.3, -0.25) is 4.90 Å². The Hall–Kier alpha value is -1.09. The first-order valence-electron chi connectivity index (χ1n) is 6.86. The van der Waals surface area contributed by atoms with Crippen LogP contribution in [0, 0.1) is 11.8 Å². The van der Waals surface area contributed by atoms with Crippen molar-refractivity contribution in [3.8, 4) is 0 Å². The molecule has 1 aromatic rings. The molecule has 1 N–H and O–H groups in total. The second-order valence-electron chi connectivity index (χ2n) is 5.78. The highest BCUT2D eigenvalue weighted by molar-refractivity contribution is 5.34. The molecule has 0 bridgehead atoms. The number of aromatic nitrogens is 1. The number of rotatable bonds is 7. The molecule has 0 amide bonds. The van der Waals surface area contributed by atoms with Gasteiger partial charge in [0.05, 0.1) is 0 Å². The summed E-state index contributed by atoms with van der Waals surface area (Å²) in [4.78, 5) is 6.89. The summed E-state index contributed by atoms with van der Waals surface area (Å²) in [5, 5.41) is 3.05. The van der Waals surface area contributed by atoms with Crippen molar-refractivity contribution in [2.75, 3.05) is 25.5 Å². The summed E-state index contributed by atoms with van der Waals surface area (Å²) in [7, 11) is 1.89. The summed E-state index contributed by atoms with van der Waals surface area (Å²) in [6, 6.07) is 4.20. The highest BCUT2D eigenvalue weighted by Gasteiger charge is 2.10. The Morgan fingerprint density at radius 3 is 2.11 bits per heavy atom. The standard InChI is InChI=1S/C15H27N3/c1-12(2)9-18(10-13(3)4)11-14-6-7-15(16-5)17-8-14/h6-8,12-13H,9-11H2,1-5H3,(H,16,17). The van der Waals surface area contributed by atoms with Gasteiger partial charge in [-0.2, -0.15) is 0 Å². The summed E-state index contributed by atoms with van der Waals surface area (Å²) < 4.78 is 0. The molecule has 1 rings (SSSR count). The molecule has 0 aliphatic rings. The van der Waals surface area contributed by atoms with Crippen LogP contribution in [-0.4, -0.2) is 30.0 Å². The molecule has 1 heterocycles. The van der Waals surface area contributed by atoms with Gasteiger partial charge in [0.25, 0.3) is 0 Å². The van der Waals surface area contributed by atoms with Gasteiger partial charge in [0, 0.05) is 32.9 Å². The summed E-state index contributed by atoms with van der Waals surface area (Å²) in [5.41, 5.74) is 1.29. The zero-order chi connectivity index (χ0) is 13.5. The third-order valence-corrected chi connectivity index (χ3v) is 2.73. The Bertz CT molecular complexity index is 320. The van der Waals surface area contributed by atoms with Gasteiger partial charge in [0.2, 0.25) is 0 Å². The van der Waals surface area contributed by atoms with Crippen LogP contribution in [-0.2, 0) is 6.54 Å². The number of anilines is 1. The molecule has 0 saturated carbocycles. The predicted octanol–water partition coefficient (Wildman–Crippen LogP) is 3.24. The highest BCUT2D eigenvalue weighted by atomic mass is 15.1. The SMILES string of the molecule is CNc1ccc(CN(CC(C)C)CC(C)C)cn1. The van der Waals surface area contributed by atoms with Gasteiger partial charge >= 0.3 is 0 Å². The first kappa shape index (κ1) is 15.0. The Morgan fingerprint density at radius 2 is 1.72 bits per heavy atom. The summed E-state index contributed by atoms with van der Waals surface area (Å²) in [5.74, 6) is 2.33. The Morgan fingerprint density at radius 1 is 1.11 bits per heavy atom. The Labute approximate surface area is 112 Å². The number of pyridine rings is 1. The molecule has 0 aliphatic carbocycles. The van der Waals surface area contributed by atoms with Crippen LogP contribution >= 0.6 is 0 Å². The van der Waals surface area contributed by atoms with Gasteiger partial charge in [-0.25, -0.2) is 4.98 Å². The third kappa shape index (κ3) is 5.50. The van der Waals surface area contributed by atoms with Gasteiger partial charge in [-0.15, -0.1) is 0 Å². The van der Waals surface area contributed by atoms with E-state index in [0.29, 0.717) is 11.8 Å². The van der Waals surface area contributed by atoms with Crippen molar-refractivity contribution < 1.29 is 0 Å². The van der Waals surface area contributed by atoms with Crippen molar-refractivity contribution in [2.24, 2.45) is 11.8 Å². The van der Waals surface area contributed by atoms with E-state index in [1.165, 1.54) is 5.56 Å². The molecule has 102 valence electrons. The lowest BCUT2D eigenvalue weighted by molar-refractivity contribution is 0.211. The summed E-state index contributed by atoms with van der Waals surface area (Å²) in [6.07, 6.45) is 1.97. The van der Waals surface area contributed by atoms with Crippen molar-refractivity contribution >= 4 is 5.82 Å². The molecule has 0 spiro atoms. The van der Waals surface area contributed by atoms with E-state index in [1.54, 1.807) is 0 Å². The maximum Gasteiger partial charge on any atom is 0.125 e. The minimum Gasteiger partial charge on any atom is -0.373 e. The van der Waals surface area contributed by atoms with Crippen molar-refractivity contribution in [1.29, 1.82) is 0 Å². The van der Waals surface area contributed by atoms with Crippen LogP contribution in [0.15, 0.2) is 18.3 Å². The van der Waals surface area contributed by atoms with Crippen molar-refractivity contribution in [3.63, 3.8) is 0 Å². The fraction of sp³-hybridized carbons (Fsp3) is 0.667. The average molecular weight is 249 g/mol. The molecule has 3 nitrogen and oxygen atoms in total. The summed E-state index contributed by atoms with van der Waals surface area (Å²) >= 11 is 0. The van der Waals surface area contributed by atoms with Crippen molar-refractivity contribution in [3.05, 3.63) is 23.9 Å². The topological polar surface area (TPSA) is 28.2 Å². The third-order valence-electron chi connectivity index (χ3n) is 2.73. The smallest absolute Gasteiger partial charge is 0.125 e. The van der Waals surface area contributed by atoms with Crippen LogP contribution in [0.2, 0.25) is 0 Å². The maximum atomic E-state index is 4.37. The average Bonchev–Trinajstić information content (AvgIpc) is 2.28. The first-order valence-corrected chi connectivity index (χ1v) is 6.86. The van der Waals surface area contributed by atoms with Crippen LogP contribution < -0.4 is 5.32 Å². The van der Waals surface area contributed by atoms with E-state index in [4.69, 9.17) is 0 Å². The molecular formula is C15H27N3. The van der Waals surface area contributed by atoms with E-state index < -0.39 is 0 Å². The van der Waals surface area contributed by atoms with Crippen molar-refractivity contribution in [1.82, 2.24) is 9.88 Å². The highest BCUT2D eigenvalue weighted by Crippen LogP contribution is 2.11. The van der Waals surface area contributed by atoms with Crippen LogP contribution in [0.3, 0.4) is 0 Å². The number of hydrogen-bond donors (Lipinski definition) is 1. The van der Waals surface area contributed by atoms with Gasteiger partial charge in [0.15, 0.2) is 0 Å². The van der Waals surface area contributed by atoms with Crippen LogP contribution in [0.4, 0.5) is 5.82 Å². The Balaban J connectivity index is 2.62. The first-order chi connectivity index (χ1) is 8.51. The fourth-order valence-corrected chi connectivity index (χ4v) is 2.16. The molecule has 0 aliphatic heterocycles. The molecule has 0 atom stereocenters. The molecular weight excluding hydrogens is 222 g/mol. The molecule has 18 heavy (non-hydrogen) atoms. The van der Waals surface area contributed by atoms with Crippen LogP contribution in [0.25, 0.3) is 0 Å². The summed E-state index contributed by atoms with van der Waals surface area (Å²) in [6.45, 7) is 12.4. The Kier molecular flexibility index (Phi) is 6.13. The van der Waals surface area contributed by atoms with E-state index in [0.717, 1.165) is 25.5 Å². The zero-order valence-electron chi connectivity index (χ0n) is 12.4. The minimum atomic E-state index is 0.702. The van der Waals surface area contributed by atoms with E-state index >= 15 is 0 Å². The lowest BCUT2D eigenvalue weighted by Gasteiger charge is -2.26. The van der Waals surface area contributed by atoms with Gasteiger partial charge in [0.1, 0.15) is 5.82 Å². The van der Waals surface area contributed by atoms with Crippen LogP contribution in [0.5, 0.6) is 0 Å². The van der Waals surface area contributed by atoms with E-state index in [2.05, 4.69) is 49.0 Å². The maximum absolute atomic E-state index is 4.37. The van der Waals surface area contributed by atoms with Crippen LogP contribution in [0.1, 0.15) is 33.3 Å². The molecule has 0 radical (unpaired) electrons. The lowest BCUT2D eigenvalue weighted by Crippen LogP contribution is -2.30. The largest absolute Gasteiger partial charge is 0.373 e. The molecule has 3 heteroatoms. The monoisotopic (exact) mass is 249 g/mol. The second-order valence-corrected chi connectivity index (χ2v) is 5.78. The quantitative estimate of drug-likeness (QED) is 0.804.